The van der Waals surface area contributed by atoms with Crippen molar-refractivity contribution in [1.82, 2.24) is 10.3 Å². The van der Waals surface area contributed by atoms with Crippen LogP contribution in [0.5, 0.6) is 23.1 Å². The molecule has 2 aliphatic rings. The molecule has 2 aliphatic heterocycles. The van der Waals surface area contributed by atoms with Crippen LogP contribution >= 0.6 is 0 Å². The van der Waals surface area contributed by atoms with Gasteiger partial charge < -0.3 is 24.8 Å². The standard InChI is InChI=1S/C21H22N4O4/c1-12(2)24-18-15(20(26)25-14-5-7-27-8-6-14)11-23-21-19(18)28-17-9-13(10-22)3-4-16(17)29-21/h3-4,9,11-12,14H,5-8H2,1-2H3,(H,23,24)(H,25,26). The highest BCUT2D eigenvalue weighted by atomic mass is 16.6. The van der Waals surface area contributed by atoms with Crippen molar-refractivity contribution in [3.8, 4) is 29.2 Å². The average Bonchev–Trinajstić information content (AvgIpc) is 2.72. The maximum Gasteiger partial charge on any atom is 0.265 e. The lowest BCUT2D eigenvalue weighted by atomic mass is 10.1. The first-order chi connectivity index (χ1) is 14.0. The van der Waals surface area contributed by atoms with E-state index in [-0.39, 0.29) is 23.9 Å². The number of carbonyl (C=O) groups is 1. The highest BCUT2D eigenvalue weighted by Crippen LogP contribution is 2.49. The van der Waals surface area contributed by atoms with Crippen molar-refractivity contribution in [3.05, 3.63) is 35.5 Å². The Kier molecular flexibility index (Phi) is 5.23. The molecule has 150 valence electrons. The minimum absolute atomic E-state index is 0.0478. The zero-order valence-corrected chi connectivity index (χ0v) is 16.3. The molecule has 0 saturated carbocycles. The molecule has 0 aliphatic carbocycles. The summed E-state index contributed by atoms with van der Waals surface area (Å²) in [6.07, 6.45) is 3.05. The second-order valence-corrected chi connectivity index (χ2v) is 7.32. The van der Waals surface area contributed by atoms with Gasteiger partial charge in [0.1, 0.15) is 0 Å². The van der Waals surface area contributed by atoms with Gasteiger partial charge >= 0.3 is 0 Å². The summed E-state index contributed by atoms with van der Waals surface area (Å²) < 4.78 is 17.2. The summed E-state index contributed by atoms with van der Waals surface area (Å²) in [5.41, 5.74) is 1.35. The highest BCUT2D eigenvalue weighted by Gasteiger charge is 2.29. The maximum absolute atomic E-state index is 13.0. The van der Waals surface area contributed by atoms with Crippen LogP contribution in [0, 0.1) is 11.3 Å². The first kappa shape index (κ1) is 19.0. The summed E-state index contributed by atoms with van der Waals surface area (Å²) in [5.74, 6) is 1.26. The van der Waals surface area contributed by atoms with Crippen molar-refractivity contribution in [3.63, 3.8) is 0 Å². The van der Waals surface area contributed by atoms with Crippen LogP contribution < -0.4 is 20.1 Å². The van der Waals surface area contributed by atoms with Crippen LogP contribution in [0.15, 0.2) is 24.4 Å². The van der Waals surface area contributed by atoms with Gasteiger partial charge in [0.2, 0.25) is 5.75 Å². The Morgan fingerprint density at radius 3 is 2.76 bits per heavy atom. The van der Waals surface area contributed by atoms with Gasteiger partial charge in [0.15, 0.2) is 11.5 Å². The number of ether oxygens (including phenoxy) is 3. The van der Waals surface area contributed by atoms with Crippen LogP contribution in [0.4, 0.5) is 5.69 Å². The number of nitrogens with zero attached hydrogens (tertiary/aromatic N) is 2. The molecule has 8 heteroatoms. The Morgan fingerprint density at radius 1 is 1.24 bits per heavy atom. The molecule has 3 heterocycles. The van der Waals surface area contributed by atoms with Crippen LogP contribution in [-0.4, -0.2) is 36.2 Å². The van der Waals surface area contributed by atoms with E-state index in [0.29, 0.717) is 47.3 Å². The average molecular weight is 394 g/mol. The molecule has 4 rings (SSSR count). The van der Waals surface area contributed by atoms with E-state index < -0.39 is 0 Å². The van der Waals surface area contributed by atoms with E-state index in [9.17, 15) is 4.79 Å². The van der Waals surface area contributed by atoms with Gasteiger partial charge in [-0.05, 0) is 38.8 Å². The molecule has 29 heavy (non-hydrogen) atoms. The Morgan fingerprint density at radius 2 is 2.03 bits per heavy atom. The molecule has 1 aromatic heterocycles. The van der Waals surface area contributed by atoms with E-state index in [1.165, 1.54) is 6.20 Å². The monoisotopic (exact) mass is 394 g/mol. The highest BCUT2D eigenvalue weighted by molar-refractivity contribution is 6.01. The lowest BCUT2D eigenvalue weighted by molar-refractivity contribution is 0.0696. The smallest absolute Gasteiger partial charge is 0.265 e. The number of nitriles is 1. The van der Waals surface area contributed by atoms with Gasteiger partial charge in [-0.2, -0.15) is 5.26 Å². The number of benzene rings is 1. The van der Waals surface area contributed by atoms with Crippen LogP contribution in [0.1, 0.15) is 42.6 Å². The first-order valence-corrected chi connectivity index (χ1v) is 9.63. The molecule has 2 N–H and O–H groups in total. The fourth-order valence-corrected chi connectivity index (χ4v) is 3.31. The third-order valence-corrected chi connectivity index (χ3v) is 4.73. The molecule has 1 aromatic carbocycles. The summed E-state index contributed by atoms with van der Waals surface area (Å²) in [6.45, 7) is 5.22. The Bertz CT molecular complexity index is 977. The quantitative estimate of drug-likeness (QED) is 0.697. The number of anilines is 1. The van der Waals surface area contributed by atoms with Crippen LogP contribution in [-0.2, 0) is 4.74 Å². The molecule has 0 radical (unpaired) electrons. The number of carbonyl (C=O) groups excluding carboxylic acids is 1. The van der Waals surface area contributed by atoms with Gasteiger partial charge in [-0.15, -0.1) is 0 Å². The predicted molar refractivity (Wildman–Crippen MR) is 106 cm³/mol. The van der Waals surface area contributed by atoms with Gasteiger partial charge in [0, 0.05) is 37.6 Å². The normalized spacial score (nSPS) is 15.4. The van der Waals surface area contributed by atoms with E-state index in [1.807, 2.05) is 13.8 Å². The fraction of sp³-hybridized carbons (Fsp3) is 0.381. The number of aromatic nitrogens is 1. The molecule has 2 aromatic rings. The van der Waals surface area contributed by atoms with Crippen molar-refractivity contribution in [1.29, 1.82) is 5.26 Å². The summed E-state index contributed by atoms with van der Waals surface area (Å²) in [7, 11) is 0. The molecule has 1 saturated heterocycles. The molecule has 1 fully saturated rings. The van der Waals surface area contributed by atoms with Crippen molar-refractivity contribution in [2.75, 3.05) is 18.5 Å². The number of amides is 1. The van der Waals surface area contributed by atoms with Gasteiger partial charge in [0.25, 0.3) is 11.8 Å². The fourth-order valence-electron chi connectivity index (χ4n) is 3.31. The van der Waals surface area contributed by atoms with E-state index in [1.54, 1.807) is 18.2 Å². The second kappa shape index (κ2) is 7.97. The second-order valence-electron chi connectivity index (χ2n) is 7.32. The van der Waals surface area contributed by atoms with Crippen molar-refractivity contribution in [2.45, 2.75) is 38.8 Å². The third-order valence-electron chi connectivity index (χ3n) is 4.73. The van der Waals surface area contributed by atoms with Crippen molar-refractivity contribution < 1.29 is 19.0 Å². The lowest BCUT2D eigenvalue weighted by Gasteiger charge is -2.26. The van der Waals surface area contributed by atoms with Crippen molar-refractivity contribution in [2.24, 2.45) is 0 Å². The summed E-state index contributed by atoms with van der Waals surface area (Å²) in [5, 5.41) is 15.5. The molecule has 0 unspecified atom stereocenters. The van der Waals surface area contributed by atoms with Gasteiger partial charge in [-0.25, -0.2) is 4.98 Å². The third kappa shape index (κ3) is 3.96. The lowest BCUT2D eigenvalue weighted by Crippen LogP contribution is -2.39. The first-order valence-electron chi connectivity index (χ1n) is 9.63. The zero-order valence-electron chi connectivity index (χ0n) is 16.3. The summed E-state index contributed by atoms with van der Waals surface area (Å²) >= 11 is 0. The molecule has 1 amide bonds. The molecular formula is C21H22N4O4. The number of hydrogen-bond acceptors (Lipinski definition) is 7. The molecule has 0 bridgehead atoms. The van der Waals surface area contributed by atoms with Gasteiger partial charge in [-0.1, -0.05) is 0 Å². The molecule has 0 atom stereocenters. The number of nitrogens with one attached hydrogen (secondary N) is 2. The van der Waals surface area contributed by atoms with E-state index in [2.05, 4.69) is 21.7 Å². The Labute approximate surface area is 168 Å². The minimum Gasteiger partial charge on any atom is -0.445 e. The van der Waals surface area contributed by atoms with Crippen LogP contribution in [0.25, 0.3) is 0 Å². The largest absolute Gasteiger partial charge is 0.445 e. The molecule has 8 nitrogen and oxygen atoms in total. The zero-order chi connectivity index (χ0) is 20.4. The molecule has 0 spiro atoms. The maximum atomic E-state index is 13.0. The molecular weight excluding hydrogens is 372 g/mol. The number of hydrogen-bond donors (Lipinski definition) is 2. The topological polar surface area (TPSA) is 106 Å². The van der Waals surface area contributed by atoms with Crippen molar-refractivity contribution >= 4 is 11.6 Å². The van der Waals surface area contributed by atoms with Crippen LogP contribution in [0.3, 0.4) is 0 Å². The number of pyridine rings is 1. The minimum atomic E-state index is -0.226. The Hall–Kier alpha value is -3.31. The summed E-state index contributed by atoms with van der Waals surface area (Å²) in [4.78, 5) is 17.3. The van der Waals surface area contributed by atoms with Crippen LogP contribution in [0.2, 0.25) is 0 Å². The predicted octanol–water partition coefficient (Wildman–Crippen LogP) is 3.58. The van der Waals surface area contributed by atoms with E-state index in [4.69, 9.17) is 19.5 Å². The van der Waals surface area contributed by atoms with E-state index in [0.717, 1.165) is 12.8 Å². The summed E-state index contributed by atoms with van der Waals surface area (Å²) in [6, 6.07) is 7.11. The number of rotatable bonds is 4. The Balaban J connectivity index is 1.69. The van der Waals surface area contributed by atoms with Gasteiger partial charge in [0.05, 0.1) is 22.9 Å². The van der Waals surface area contributed by atoms with E-state index >= 15 is 0 Å². The SMILES string of the molecule is CC(C)Nc1c(C(=O)NC2CCOCC2)cnc2c1Oc1cc(C#N)ccc1O2. The number of fused-ring (bicyclic) bond motifs is 2. The van der Waals surface area contributed by atoms with Gasteiger partial charge in [-0.3, -0.25) is 4.79 Å².